The Hall–Kier alpha value is -1.57. The molecule has 5 heteroatoms. The fourth-order valence-electron chi connectivity index (χ4n) is 1.39. The highest BCUT2D eigenvalue weighted by Crippen LogP contribution is 2.22. The fraction of sp³-hybridized carbons (Fsp3) is 0.786. The van der Waals surface area contributed by atoms with E-state index in [9.17, 15) is 9.59 Å². The normalized spacial score (nSPS) is 12.5. The van der Waals surface area contributed by atoms with Crippen LogP contribution in [-0.4, -0.2) is 23.1 Å². The molecule has 0 radical (unpaired) electrons. The zero-order valence-electron chi connectivity index (χ0n) is 11.9. The summed E-state index contributed by atoms with van der Waals surface area (Å²) in [5, 5.41) is 17.4. The number of unbranched alkanes of at least 4 members (excludes halogenated alkanes) is 3. The summed E-state index contributed by atoms with van der Waals surface area (Å²) in [4.78, 5) is 21.8. The molecule has 1 N–H and O–H groups in total. The number of rotatable bonds is 9. The van der Waals surface area contributed by atoms with E-state index in [1.165, 1.54) is 0 Å². The Labute approximate surface area is 114 Å². The first kappa shape index (κ1) is 17.4. The summed E-state index contributed by atoms with van der Waals surface area (Å²) in [7, 11) is 0. The third-order valence-electron chi connectivity index (χ3n) is 3.13. The topological polar surface area (TPSA) is 87.4 Å². The van der Waals surface area contributed by atoms with Crippen LogP contribution in [0.1, 0.15) is 59.3 Å². The molecule has 0 bridgehead atoms. The molecule has 0 fully saturated rings. The molecule has 0 aromatic carbocycles. The molecular formula is C14H23NO4. The second-order valence-corrected chi connectivity index (χ2v) is 5.27. The lowest BCUT2D eigenvalue weighted by Gasteiger charge is -2.24. The van der Waals surface area contributed by atoms with Gasteiger partial charge in [0.25, 0.3) is 0 Å². The van der Waals surface area contributed by atoms with Crippen LogP contribution in [-0.2, 0) is 14.3 Å². The van der Waals surface area contributed by atoms with Crippen LogP contribution in [0.5, 0.6) is 0 Å². The lowest BCUT2D eigenvalue weighted by molar-refractivity contribution is -0.152. The van der Waals surface area contributed by atoms with Crippen molar-refractivity contribution < 1.29 is 19.4 Å². The van der Waals surface area contributed by atoms with Crippen LogP contribution in [0.25, 0.3) is 0 Å². The number of hydrogen-bond acceptors (Lipinski definition) is 4. The number of carboxylic acids is 1. The molecule has 0 rings (SSSR count). The second kappa shape index (κ2) is 8.52. The highest BCUT2D eigenvalue weighted by Gasteiger charge is 2.28. The van der Waals surface area contributed by atoms with Crippen LogP contribution in [0.4, 0.5) is 0 Å². The van der Waals surface area contributed by atoms with Crippen molar-refractivity contribution in [3.8, 4) is 6.07 Å². The molecule has 0 spiro atoms. The van der Waals surface area contributed by atoms with E-state index < -0.39 is 17.5 Å². The van der Waals surface area contributed by atoms with Gasteiger partial charge in [-0.1, -0.05) is 12.8 Å². The van der Waals surface area contributed by atoms with Crippen molar-refractivity contribution in [1.82, 2.24) is 0 Å². The molecular weight excluding hydrogens is 246 g/mol. The summed E-state index contributed by atoms with van der Waals surface area (Å²) in [6.45, 7) is 5.18. The van der Waals surface area contributed by atoms with Gasteiger partial charge in [0.15, 0.2) is 0 Å². The molecule has 0 aromatic rings. The van der Waals surface area contributed by atoms with Gasteiger partial charge < -0.3 is 9.84 Å². The highest BCUT2D eigenvalue weighted by atomic mass is 16.5. The van der Waals surface area contributed by atoms with E-state index in [4.69, 9.17) is 15.1 Å². The van der Waals surface area contributed by atoms with Crippen molar-refractivity contribution in [2.24, 2.45) is 5.41 Å². The minimum absolute atomic E-state index is 0.178. The van der Waals surface area contributed by atoms with Crippen LogP contribution < -0.4 is 0 Å². The second-order valence-electron chi connectivity index (χ2n) is 5.27. The maximum absolute atomic E-state index is 11.5. The molecule has 0 heterocycles. The quantitative estimate of drug-likeness (QED) is 0.513. The van der Waals surface area contributed by atoms with Gasteiger partial charge >= 0.3 is 11.9 Å². The highest BCUT2D eigenvalue weighted by molar-refractivity contribution is 5.69. The summed E-state index contributed by atoms with van der Waals surface area (Å²) in [5.41, 5.74) is -0.683. The van der Waals surface area contributed by atoms with Crippen LogP contribution in [0, 0.1) is 16.7 Å². The van der Waals surface area contributed by atoms with E-state index >= 15 is 0 Å². The molecule has 0 saturated carbocycles. The zero-order valence-corrected chi connectivity index (χ0v) is 11.9. The van der Waals surface area contributed by atoms with Gasteiger partial charge in [0, 0.05) is 12.8 Å². The molecule has 0 aliphatic rings. The summed E-state index contributed by atoms with van der Waals surface area (Å²) >= 11 is 0. The van der Waals surface area contributed by atoms with Gasteiger partial charge in [-0.15, -0.1) is 0 Å². The number of nitriles is 1. The number of carboxylic acid groups (broad SMARTS) is 1. The molecule has 5 nitrogen and oxygen atoms in total. The Morgan fingerprint density at radius 1 is 1.21 bits per heavy atom. The van der Waals surface area contributed by atoms with Crippen molar-refractivity contribution in [3.05, 3.63) is 0 Å². The van der Waals surface area contributed by atoms with E-state index in [1.54, 1.807) is 20.8 Å². The first-order valence-corrected chi connectivity index (χ1v) is 6.62. The van der Waals surface area contributed by atoms with Gasteiger partial charge in [-0.3, -0.25) is 9.59 Å². The lowest BCUT2D eigenvalue weighted by Crippen LogP contribution is -2.30. The molecule has 108 valence electrons. The van der Waals surface area contributed by atoms with Crippen molar-refractivity contribution in [3.63, 3.8) is 0 Å². The number of hydrogen-bond donors (Lipinski definition) is 1. The zero-order chi connectivity index (χ0) is 14.9. The lowest BCUT2D eigenvalue weighted by atomic mass is 9.89. The minimum Gasteiger partial charge on any atom is -0.481 e. The first-order valence-electron chi connectivity index (χ1n) is 6.62. The number of esters is 1. The number of carbonyl (C=O) groups excluding carboxylic acids is 1. The third kappa shape index (κ3) is 8.20. The minimum atomic E-state index is -0.785. The van der Waals surface area contributed by atoms with Crippen LogP contribution in [0.15, 0.2) is 0 Å². The van der Waals surface area contributed by atoms with Crippen LogP contribution in [0.3, 0.4) is 0 Å². The smallest absolute Gasteiger partial charge is 0.306 e. The van der Waals surface area contributed by atoms with E-state index in [2.05, 4.69) is 6.07 Å². The fourth-order valence-corrected chi connectivity index (χ4v) is 1.39. The summed E-state index contributed by atoms with van der Waals surface area (Å²) in [6, 6.07) is 2.11. The molecule has 0 amide bonds. The van der Waals surface area contributed by atoms with E-state index in [-0.39, 0.29) is 12.4 Å². The maximum atomic E-state index is 11.5. The Kier molecular flexibility index (Phi) is 7.81. The van der Waals surface area contributed by atoms with Crippen molar-refractivity contribution >= 4 is 11.9 Å². The molecule has 1 unspecified atom stereocenters. The van der Waals surface area contributed by atoms with Gasteiger partial charge in [0.2, 0.25) is 0 Å². The average Bonchev–Trinajstić information content (AvgIpc) is 2.33. The van der Waals surface area contributed by atoms with Crippen molar-refractivity contribution in [2.45, 2.75) is 65.4 Å². The standard InChI is InChI=1S/C14H23NO4/c1-11(14(2,3)10-15)19-13(18)9-7-5-4-6-8-12(16)17/h11H,4-9H2,1-3H3,(H,16,17). The van der Waals surface area contributed by atoms with E-state index in [0.29, 0.717) is 19.3 Å². The maximum Gasteiger partial charge on any atom is 0.306 e. The average molecular weight is 269 g/mol. The van der Waals surface area contributed by atoms with Gasteiger partial charge in [-0.05, 0) is 33.6 Å². The largest absolute Gasteiger partial charge is 0.481 e. The van der Waals surface area contributed by atoms with Crippen LogP contribution >= 0.6 is 0 Å². The molecule has 0 aliphatic carbocycles. The predicted molar refractivity (Wildman–Crippen MR) is 70.3 cm³/mol. The SMILES string of the molecule is CC(OC(=O)CCCCCCC(=O)O)C(C)(C)C#N. The number of ether oxygens (including phenoxy) is 1. The van der Waals surface area contributed by atoms with Gasteiger partial charge in [0.05, 0.1) is 11.5 Å². The molecule has 0 saturated heterocycles. The molecule has 0 aromatic heterocycles. The Morgan fingerprint density at radius 3 is 2.21 bits per heavy atom. The summed E-state index contributed by atoms with van der Waals surface area (Å²) < 4.78 is 5.20. The van der Waals surface area contributed by atoms with Crippen LogP contribution in [0.2, 0.25) is 0 Å². The monoisotopic (exact) mass is 269 g/mol. The van der Waals surface area contributed by atoms with E-state index in [0.717, 1.165) is 12.8 Å². The third-order valence-corrected chi connectivity index (χ3v) is 3.13. The number of aliphatic carboxylic acids is 1. The van der Waals surface area contributed by atoms with Gasteiger partial charge in [-0.25, -0.2) is 0 Å². The predicted octanol–water partition coefficient (Wildman–Crippen LogP) is 2.89. The summed E-state index contributed by atoms with van der Waals surface area (Å²) in [5.74, 6) is -1.08. The van der Waals surface area contributed by atoms with Crippen molar-refractivity contribution in [1.29, 1.82) is 5.26 Å². The molecule has 19 heavy (non-hydrogen) atoms. The molecule has 0 aliphatic heterocycles. The molecule has 1 atom stereocenters. The number of carbonyl (C=O) groups is 2. The Bertz CT molecular complexity index is 344. The summed E-state index contributed by atoms with van der Waals surface area (Å²) in [6.07, 6.45) is 3.02. The Morgan fingerprint density at radius 2 is 1.74 bits per heavy atom. The van der Waals surface area contributed by atoms with E-state index in [1.807, 2.05) is 0 Å². The Balaban J connectivity index is 3.72. The van der Waals surface area contributed by atoms with Crippen molar-refractivity contribution in [2.75, 3.05) is 0 Å². The first-order chi connectivity index (χ1) is 8.79. The van der Waals surface area contributed by atoms with Gasteiger partial charge in [-0.2, -0.15) is 5.26 Å². The number of nitrogens with zero attached hydrogens (tertiary/aromatic N) is 1. The van der Waals surface area contributed by atoms with Gasteiger partial charge in [0.1, 0.15) is 6.10 Å².